The Bertz CT molecular complexity index is 956. The van der Waals surface area contributed by atoms with E-state index in [4.69, 9.17) is 4.74 Å². The quantitative estimate of drug-likeness (QED) is 0.426. The maximum absolute atomic E-state index is 13.3. The van der Waals surface area contributed by atoms with Crippen LogP contribution in [0.15, 0.2) is 54.4 Å². The van der Waals surface area contributed by atoms with Crippen LogP contribution in [0.2, 0.25) is 0 Å². The maximum atomic E-state index is 13.3. The first kappa shape index (κ1) is 20.2. The van der Waals surface area contributed by atoms with Gasteiger partial charge < -0.3 is 19.6 Å². The van der Waals surface area contributed by atoms with E-state index < -0.39 is 23.5 Å². The number of halogens is 1. The molecule has 2 N–H and O–H groups in total. The predicted molar refractivity (Wildman–Crippen MR) is 106 cm³/mol. The highest BCUT2D eigenvalue weighted by molar-refractivity contribution is 6.46. The number of hydrogen-bond acceptors (Lipinski definition) is 5. The number of morpholine rings is 1. The first-order chi connectivity index (χ1) is 14.6. The van der Waals surface area contributed by atoms with E-state index in [0.29, 0.717) is 31.9 Å². The van der Waals surface area contributed by atoms with Crippen LogP contribution < -0.4 is 4.90 Å². The van der Waals surface area contributed by atoms with Gasteiger partial charge in [0.25, 0.3) is 11.7 Å². The summed E-state index contributed by atoms with van der Waals surface area (Å²) in [5, 5.41) is 10.9. The highest BCUT2D eigenvalue weighted by atomic mass is 19.1. The van der Waals surface area contributed by atoms with Crippen molar-refractivity contribution < 1.29 is 28.7 Å². The lowest BCUT2D eigenvalue weighted by Crippen LogP contribution is -3.14. The first-order valence-electron chi connectivity index (χ1n) is 9.92. The summed E-state index contributed by atoms with van der Waals surface area (Å²) in [6, 6.07) is 7.92. The number of rotatable bonds is 5. The zero-order valence-electron chi connectivity index (χ0n) is 16.4. The summed E-state index contributed by atoms with van der Waals surface area (Å²) in [7, 11) is 0. The number of hydrogen-bond donors (Lipinski definition) is 2. The molecular formula is C22H23FN3O4+. The summed E-state index contributed by atoms with van der Waals surface area (Å²) in [6.45, 7) is 4.06. The number of carbonyl (C=O) groups excluding carboxylic acids is 2. The Balaban J connectivity index is 1.71. The topological polar surface area (TPSA) is 84.2 Å². The Hall–Kier alpha value is -3.10. The number of ketones is 1. The Labute approximate surface area is 173 Å². The van der Waals surface area contributed by atoms with E-state index in [1.807, 2.05) is 0 Å². The highest BCUT2D eigenvalue weighted by Gasteiger charge is 2.46. The minimum atomic E-state index is -0.748. The molecule has 1 aromatic heterocycles. The number of nitrogens with one attached hydrogen (secondary N) is 1. The zero-order valence-corrected chi connectivity index (χ0v) is 16.4. The molecule has 1 atom stereocenters. The van der Waals surface area contributed by atoms with Crippen molar-refractivity contribution in [1.29, 1.82) is 0 Å². The highest BCUT2D eigenvalue weighted by Crippen LogP contribution is 2.38. The largest absolute Gasteiger partial charge is 0.507 e. The average molecular weight is 412 g/mol. The van der Waals surface area contributed by atoms with E-state index in [2.05, 4.69) is 4.98 Å². The number of Topliss-reactive ketones (excluding diaryl/α,β-unsaturated/α-hetero) is 1. The fourth-order valence-corrected chi connectivity index (χ4v) is 3.95. The van der Waals surface area contributed by atoms with Gasteiger partial charge in [-0.2, -0.15) is 0 Å². The molecule has 4 rings (SSSR count). The Kier molecular flexibility index (Phi) is 5.87. The molecule has 2 aromatic rings. The molecule has 1 amide bonds. The van der Waals surface area contributed by atoms with Gasteiger partial charge in [0, 0.05) is 18.0 Å². The monoisotopic (exact) mass is 412 g/mol. The molecule has 0 unspecified atom stereocenters. The second-order valence-electron chi connectivity index (χ2n) is 7.40. The van der Waals surface area contributed by atoms with Gasteiger partial charge in [0.1, 0.15) is 24.7 Å². The normalized spacial score (nSPS) is 21.9. The maximum Gasteiger partial charge on any atom is 0.295 e. The van der Waals surface area contributed by atoms with Crippen LogP contribution in [0.5, 0.6) is 0 Å². The number of ether oxygens (including phenoxy) is 1. The fraction of sp³-hybridized carbons (Fsp3) is 0.318. The van der Waals surface area contributed by atoms with Crippen LogP contribution in [-0.4, -0.2) is 66.1 Å². The summed E-state index contributed by atoms with van der Waals surface area (Å²) in [5.41, 5.74) is 0.913. The molecule has 0 aliphatic carbocycles. The molecule has 156 valence electrons. The molecular weight excluding hydrogens is 389 g/mol. The lowest BCUT2D eigenvalue weighted by atomic mass is 9.96. The lowest BCUT2D eigenvalue weighted by Gasteiger charge is -2.29. The molecule has 0 radical (unpaired) electrons. The van der Waals surface area contributed by atoms with Crippen molar-refractivity contribution in [3.05, 3.63) is 71.3 Å². The third kappa shape index (κ3) is 3.96. The third-order valence-corrected chi connectivity index (χ3v) is 5.56. The van der Waals surface area contributed by atoms with Gasteiger partial charge in [-0.05, 0) is 35.9 Å². The van der Waals surface area contributed by atoms with E-state index in [0.717, 1.165) is 13.1 Å². The molecule has 0 spiro atoms. The van der Waals surface area contributed by atoms with E-state index >= 15 is 0 Å². The predicted octanol–water partition coefficient (Wildman–Crippen LogP) is 0.558. The number of carbonyl (C=O) groups is 2. The van der Waals surface area contributed by atoms with E-state index in [9.17, 15) is 19.1 Å². The SMILES string of the molecule is O=C1C(=O)N(CC[NH+]2CCOCC2)[C@H](c2cccnc2)C1=C(O)c1ccc(F)cc1. The molecule has 30 heavy (non-hydrogen) atoms. The van der Waals surface area contributed by atoms with Crippen LogP contribution in [0.4, 0.5) is 4.39 Å². The smallest absolute Gasteiger partial charge is 0.295 e. The molecule has 2 aliphatic heterocycles. The molecule has 2 fully saturated rings. The van der Waals surface area contributed by atoms with E-state index in [1.165, 1.54) is 34.1 Å². The van der Waals surface area contributed by atoms with Gasteiger partial charge in [-0.15, -0.1) is 0 Å². The van der Waals surface area contributed by atoms with Crippen LogP contribution in [0.25, 0.3) is 5.76 Å². The average Bonchev–Trinajstić information content (AvgIpc) is 3.04. The van der Waals surface area contributed by atoms with Crippen molar-refractivity contribution in [2.45, 2.75) is 6.04 Å². The summed E-state index contributed by atoms with van der Waals surface area (Å²) in [4.78, 5) is 32.7. The van der Waals surface area contributed by atoms with Crippen molar-refractivity contribution >= 4 is 17.4 Å². The van der Waals surface area contributed by atoms with Gasteiger partial charge in [-0.1, -0.05) is 6.07 Å². The number of nitrogens with zero attached hydrogens (tertiary/aromatic N) is 2. The zero-order chi connectivity index (χ0) is 21.1. The van der Waals surface area contributed by atoms with Gasteiger partial charge in [-0.3, -0.25) is 14.6 Å². The van der Waals surface area contributed by atoms with Gasteiger partial charge in [0.2, 0.25) is 0 Å². The number of quaternary nitrogens is 1. The van der Waals surface area contributed by atoms with Crippen LogP contribution in [-0.2, 0) is 14.3 Å². The number of amides is 1. The number of likely N-dealkylation sites (tertiary alicyclic amines) is 1. The van der Waals surface area contributed by atoms with Crippen molar-refractivity contribution in [3.63, 3.8) is 0 Å². The standard InChI is InChI=1S/C22H22FN3O4/c23-17-5-3-15(4-6-17)20(27)18-19(16-2-1-7-24-14-16)26(22(29)21(18)28)9-8-25-10-12-30-13-11-25/h1-7,14,19,27H,8-13H2/p+1/t19-/m1/s1. The van der Waals surface area contributed by atoms with Gasteiger partial charge >= 0.3 is 0 Å². The van der Waals surface area contributed by atoms with Crippen LogP contribution in [0.1, 0.15) is 17.2 Å². The Morgan fingerprint density at radius 1 is 1.20 bits per heavy atom. The van der Waals surface area contributed by atoms with Crippen molar-refractivity contribution in [3.8, 4) is 0 Å². The fourth-order valence-electron chi connectivity index (χ4n) is 3.95. The number of aromatic nitrogens is 1. The van der Waals surface area contributed by atoms with Crippen molar-refractivity contribution in [2.75, 3.05) is 39.4 Å². The third-order valence-electron chi connectivity index (χ3n) is 5.56. The van der Waals surface area contributed by atoms with E-state index in [1.54, 1.807) is 24.5 Å². The van der Waals surface area contributed by atoms with Crippen LogP contribution in [0.3, 0.4) is 0 Å². The van der Waals surface area contributed by atoms with Crippen molar-refractivity contribution in [1.82, 2.24) is 9.88 Å². The van der Waals surface area contributed by atoms with Crippen molar-refractivity contribution in [2.24, 2.45) is 0 Å². The molecule has 3 heterocycles. The molecule has 0 bridgehead atoms. The second-order valence-corrected chi connectivity index (χ2v) is 7.40. The van der Waals surface area contributed by atoms with Gasteiger partial charge in [-0.25, -0.2) is 4.39 Å². The molecule has 2 saturated heterocycles. The van der Waals surface area contributed by atoms with Crippen LogP contribution >= 0.6 is 0 Å². The lowest BCUT2D eigenvalue weighted by molar-refractivity contribution is -0.907. The van der Waals surface area contributed by atoms with Gasteiger partial charge in [0.05, 0.1) is 37.9 Å². The summed E-state index contributed by atoms with van der Waals surface area (Å²) in [6.07, 6.45) is 3.19. The van der Waals surface area contributed by atoms with Gasteiger partial charge in [0.15, 0.2) is 0 Å². The number of aliphatic hydroxyl groups is 1. The molecule has 8 heteroatoms. The Morgan fingerprint density at radius 3 is 2.60 bits per heavy atom. The second kappa shape index (κ2) is 8.73. The summed E-state index contributed by atoms with van der Waals surface area (Å²) in [5.74, 6) is -2.17. The molecule has 1 aromatic carbocycles. The molecule has 2 aliphatic rings. The summed E-state index contributed by atoms with van der Waals surface area (Å²) >= 11 is 0. The minimum Gasteiger partial charge on any atom is -0.507 e. The van der Waals surface area contributed by atoms with Crippen LogP contribution in [0, 0.1) is 5.82 Å². The Morgan fingerprint density at radius 2 is 1.93 bits per heavy atom. The molecule has 7 nitrogen and oxygen atoms in total. The first-order valence-corrected chi connectivity index (χ1v) is 9.92. The molecule has 0 saturated carbocycles. The summed E-state index contributed by atoms with van der Waals surface area (Å²) < 4.78 is 18.7. The number of benzene rings is 1. The number of aliphatic hydroxyl groups excluding tert-OH is 1. The number of pyridine rings is 1. The minimum absolute atomic E-state index is 0.00316. The van der Waals surface area contributed by atoms with E-state index in [-0.39, 0.29) is 16.9 Å².